The lowest BCUT2D eigenvalue weighted by molar-refractivity contribution is -0.133. The molecule has 1 fully saturated rings. The fourth-order valence-electron chi connectivity index (χ4n) is 2.03. The zero-order valence-electron chi connectivity index (χ0n) is 10.3. The van der Waals surface area contributed by atoms with Crippen molar-refractivity contribution in [3.8, 4) is 0 Å². The third-order valence-corrected chi connectivity index (χ3v) is 4.51. The highest BCUT2D eigenvalue weighted by Crippen LogP contribution is 2.39. The molecular weight excluding hydrogens is 268 g/mol. The molecule has 0 atom stereocenters. The molecule has 6 nitrogen and oxygen atoms in total. The Balaban J connectivity index is 2.97. The van der Waals surface area contributed by atoms with E-state index >= 15 is 0 Å². The van der Waals surface area contributed by atoms with Crippen molar-refractivity contribution in [2.24, 2.45) is 0 Å². The van der Waals surface area contributed by atoms with Gasteiger partial charge in [0.05, 0.1) is 5.75 Å². The van der Waals surface area contributed by atoms with Crippen LogP contribution in [0.25, 0.3) is 0 Å². The molecule has 17 heavy (non-hydrogen) atoms. The minimum Gasteiger partial charge on any atom is -0.321 e. The van der Waals surface area contributed by atoms with Crippen LogP contribution in [-0.4, -0.2) is 51.7 Å². The lowest BCUT2D eigenvalue weighted by atomic mass is 10.1. The molecule has 8 heteroatoms. The summed E-state index contributed by atoms with van der Waals surface area (Å²) in [5, 5.41) is 0. The van der Waals surface area contributed by atoms with Crippen LogP contribution in [0.5, 0.6) is 0 Å². The Hall–Kier alpha value is -0.370. The SMILES string of the molecule is CC1(C)C(=O)N(CCS(=O)(=O)O)C(C)(C)N1Cl. The van der Waals surface area contributed by atoms with Gasteiger partial charge in [0.1, 0.15) is 11.2 Å². The average Bonchev–Trinajstić information content (AvgIpc) is 2.23. The van der Waals surface area contributed by atoms with E-state index in [1.165, 1.54) is 9.32 Å². The first-order valence-corrected chi connectivity index (χ1v) is 7.09. The molecule has 1 N–H and O–H groups in total. The smallest absolute Gasteiger partial charge is 0.266 e. The van der Waals surface area contributed by atoms with Gasteiger partial charge in [0.2, 0.25) is 5.91 Å². The standard InChI is InChI=1S/C9H17ClN2O4S/c1-8(2)7(13)11(5-6-17(14,15)16)9(3,4)12(8)10/h5-6H2,1-4H3,(H,14,15,16). The molecule has 1 amide bonds. The first-order valence-electron chi connectivity index (χ1n) is 5.14. The largest absolute Gasteiger partial charge is 0.321 e. The summed E-state index contributed by atoms with van der Waals surface area (Å²) in [7, 11) is -4.10. The average molecular weight is 285 g/mol. The van der Waals surface area contributed by atoms with Crippen molar-refractivity contribution in [3.63, 3.8) is 0 Å². The third kappa shape index (κ3) is 2.57. The highest BCUT2D eigenvalue weighted by Gasteiger charge is 2.56. The topological polar surface area (TPSA) is 77.9 Å². The van der Waals surface area contributed by atoms with Crippen molar-refractivity contribution in [1.82, 2.24) is 9.32 Å². The predicted octanol–water partition coefficient (Wildman–Crippen LogP) is 0.687. The van der Waals surface area contributed by atoms with Crippen LogP contribution >= 0.6 is 11.8 Å². The quantitative estimate of drug-likeness (QED) is 0.609. The molecule has 1 saturated heterocycles. The van der Waals surface area contributed by atoms with Crippen LogP contribution in [0.2, 0.25) is 0 Å². The van der Waals surface area contributed by atoms with Gasteiger partial charge in [-0.2, -0.15) is 12.8 Å². The fraction of sp³-hybridized carbons (Fsp3) is 0.889. The minimum atomic E-state index is -4.10. The van der Waals surface area contributed by atoms with Gasteiger partial charge in [0.25, 0.3) is 10.1 Å². The van der Waals surface area contributed by atoms with E-state index in [0.717, 1.165) is 0 Å². The van der Waals surface area contributed by atoms with Crippen molar-refractivity contribution < 1.29 is 17.8 Å². The zero-order chi connectivity index (χ0) is 13.6. The van der Waals surface area contributed by atoms with Crippen LogP contribution < -0.4 is 0 Å². The van der Waals surface area contributed by atoms with Gasteiger partial charge in [-0.15, -0.1) is 0 Å². The summed E-state index contributed by atoms with van der Waals surface area (Å²) in [6.07, 6.45) is 0. The van der Waals surface area contributed by atoms with Gasteiger partial charge >= 0.3 is 0 Å². The van der Waals surface area contributed by atoms with Crippen LogP contribution in [0.4, 0.5) is 0 Å². The summed E-state index contributed by atoms with van der Waals surface area (Å²) in [5.41, 5.74) is -1.70. The number of carbonyl (C=O) groups excluding carboxylic acids is 1. The molecule has 0 aromatic heterocycles. The highest BCUT2D eigenvalue weighted by atomic mass is 35.5. The first kappa shape index (κ1) is 14.7. The Bertz CT molecular complexity index is 432. The molecule has 1 heterocycles. The van der Waals surface area contributed by atoms with Gasteiger partial charge in [0, 0.05) is 6.54 Å². The summed E-state index contributed by atoms with van der Waals surface area (Å²) in [6, 6.07) is 0. The maximum absolute atomic E-state index is 12.1. The molecule has 1 aliphatic rings. The van der Waals surface area contributed by atoms with E-state index in [9.17, 15) is 13.2 Å². The number of carbonyl (C=O) groups is 1. The van der Waals surface area contributed by atoms with E-state index < -0.39 is 27.1 Å². The Labute approximate surface area is 106 Å². The summed E-state index contributed by atoms with van der Waals surface area (Å²) in [5.74, 6) is -0.760. The van der Waals surface area contributed by atoms with Crippen LogP contribution in [0.3, 0.4) is 0 Å². The summed E-state index contributed by atoms with van der Waals surface area (Å²) in [6.45, 7) is 6.68. The fourth-order valence-corrected chi connectivity index (χ4v) is 2.61. The molecule has 0 unspecified atom stereocenters. The number of hydrogen-bond donors (Lipinski definition) is 1. The molecule has 0 spiro atoms. The summed E-state index contributed by atoms with van der Waals surface area (Å²) in [4.78, 5) is 13.4. The van der Waals surface area contributed by atoms with E-state index in [-0.39, 0.29) is 12.5 Å². The predicted molar refractivity (Wildman–Crippen MR) is 64.0 cm³/mol. The van der Waals surface area contributed by atoms with Crippen molar-refractivity contribution in [2.75, 3.05) is 12.3 Å². The van der Waals surface area contributed by atoms with Crippen LogP contribution in [0.1, 0.15) is 27.7 Å². The van der Waals surface area contributed by atoms with Crippen molar-refractivity contribution in [1.29, 1.82) is 0 Å². The van der Waals surface area contributed by atoms with Crippen LogP contribution in [0, 0.1) is 0 Å². The van der Waals surface area contributed by atoms with Gasteiger partial charge in [-0.05, 0) is 39.5 Å². The normalized spacial score (nSPS) is 24.4. The molecular formula is C9H17ClN2O4S. The lowest BCUT2D eigenvalue weighted by Gasteiger charge is -2.35. The maximum atomic E-state index is 12.1. The number of amides is 1. The number of halogens is 1. The van der Waals surface area contributed by atoms with Gasteiger partial charge in [-0.25, -0.2) is 0 Å². The third-order valence-electron chi connectivity index (χ3n) is 2.97. The molecule has 100 valence electrons. The summed E-state index contributed by atoms with van der Waals surface area (Å²) < 4.78 is 31.5. The van der Waals surface area contributed by atoms with Gasteiger partial charge < -0.3 is 4.90 Å². The molecule has 0 aromatic carbocycles. The van der Waals surface area contributed by atoms with Gasteiger partial charge in [-0.3, -0.25) is 9.35 Å². The Kier molecular flexibility index (Phi) is 3.53. The van der Waals surface area contributed by atoms with E-state index in [1.54, 1.807) is 27.7 Å². The monoisotopic (exact) mass is 284 g/mol. The molecule has 0 bridgehead atoms. The molecule has 0 aromatic rings. The molecule has 1 rings (SSSR count). The van der Waals surface area contributed by atoms with Crippen LogP contribution in [-0.2, 0) is 14.9 Å². The molecule has 0 radical (unpaired) electrons. The van der Waals surface area contributed by atoms with Gasteiger partial charge in [0.15, 0.2) is 0 Å². The Morgan fingerprint density at radius 1 is 1.29 bits per heavy atom. The second-order valence-corrected chi connectivity index (χ2v) is 6.99. The second kappa shape index (κ2) is 4.08. The first-order chi connectivity index (χ1) is 7.40. The van der Waals surface area contributed by atoms with Crippen molar-refractivity contribution >= 4 is 27.8 Å². The highest BCUT2D eigenvalue weighted by molar-refractivity contribution is 7.85. The Morgan fingerprint density at radius 2 is 1.76 bits per heavy atom. The van der Waals surface area contributed by atoms with E-state index in [0.29, 0.717) is 0 Å². The number of rotatable bonds is 3. The van der Waals surface area contributed by atoms with E-state index in [4.69, 9.17) is 16.3 Å². The van der Waals surface area contributed by atoms with E-state index in [2.05, 4.69) is 0 Å². The maximum Gasteiger partial charge on any atom is 0.266 e. The second-order valence-electron chi connectivity index (χ2n) is 5.08. The molecule has 1 aliphatic heterocycles. The summed E-state index contributed by atoms with van der Waals surface area (Å²) >= 11 is 6.09. The molecule has 0 aliphatic carbocycles. The van der Waals surface area contributed by atoms with Crippen LogP contribution in [0.15, 0.2) is 0 Å². The number of nitrogens with zero attached hydrogens (tertiary/aromatic N) is 2. The molecule has 0 saturated carbocycles. The minimum absolute atomic E-state index is 0.0860. The Morgan fingerprint density at radius 3 is 2.06 bits per heavy atom. The van der Waals surface area contributed by atoms with E-state index in [1.807, 2.05) is 0 Å². The number of hydrogen-bond acceptors (Lipinski definition) is 4. The zero-order valence-corrected chi connectivity index (χ0v) is 11.8. The van der Waals surface area contributed by atoms with Crippen molar-refractivity contribution in [3.05, 3.63) is 0 Å². The van der Waals surface area contributed by atoms with Gasteiger partial charge in [-0.1, -0.05) is 0 Å². The van der Waals surface area contributed by atoms with Crippen molar-refractivity contribution in [2.45, 2.75) is 38.9 Å². The lowest BCUT2D eigenvalue weighted by Crippen LogP contribution is -2.48.